The van der Waals surface area contributed by atoms with Gasteiger partial charge >= 0.3 is 62.0 Å². The fraction of sp³-hybridized carbons (Fsp3) is 0.167. The molecule has 0 saturated heterocycles. The molecular weight excluding hydrogens is 205 g/mol. The number of hydrogen-bond acceptors (Lipinski definition) is 1. The van der Waals surface area contributed by atoms with Crippen LogP contribution in [0.15, 0.2) is 18.5 Å². The monoisotopic (exact) mass is 212 g/mol. The van der Waals surface area contributed by atoms with E-state index in [0.717, 1.165) is 0 Å². The molecule has 1 aromatic heterocycles. The predicted molar refractivity (Wildman–Crippen MR) is 34.4 cm³/mol. The van der Waals surface area contributed by atoms with Crippen molar-refractivity contribution in [2.75, 3.05) is 0 Å². The van der Waals surface area contributed by atoms with Crippen molar-refractivity contribution < 1.29 is 0 Å². The molecule has 8 heavy (non-hydrogen) atoms. The van der Waals surface area contributed by atoms with Crippen molar-refractivity contribution in [1.29, 1.82) is 0 Å². The van der Waals surface area contributed by atoms with Crippen LogP contribution in [0.2, 0.25) is 0 Å². The van der Waals surface area contributed by atoms with Gasteiger partial charge in [-0.25, -0.2) is 0 Å². The molecule has 1 aromatic rings. The van der Waals surface area contributed by atoms with E-state index >= 15 is 0 Å². The molecule has 1 heterocycles. The standard InChI is InChI=1S/C6H6N.Sn/c1-6-2-4-7-5-3-6;/h2,4-5H,1H3;. The van der Waals surface area contributed by atoms with Gasteiger partial charge in [0.2, 0.25) is 0 Å². The molecule has 0 N–H and O–H groups in total. The molecule has 2 heteroatoms. The van der Waals surface area contributed by atoms with Crippen molar-refractivity contribution in [3.8, 4) is 0 Å². The molecule has 0 spiro atoms. The first-order chi connectivity index (χ1) is 3.80. The van der Waals surface area contributed by atoms with Gasteiger partial charge in [-0.2, -0.15) is 0 Å². The van der Waals surface area contributed by atoms with E-state index in [2.05, 4.69) is 11.9 Å². The van der Waals surface area contributed by atoms with Crippen LogP contribution >= 0.6 is 0 Å². The maximum absolute atomic E-state index is 3.97. The van der Waals surface area contributed by atoms with Gasteiger partial charge in [-0.3, -0.25) is 0 Å². The number of nitrogens with zero attached hydrogens (tertiary/aromatic N) is 1. The third kappa shape index (κ3) is 1.22. The molecule has 0 aromatic carbocycles. The summed E-state index contributed by atoms with van der Waals surface area (Å²) < 4.78 is 1.35. The van der Waals surface area contributed by atoms with E-state index in [-0.39, 0.29) is 0 Å². The van der Waals surface area contributed by atoms with Crippen molar-refractivity contribution in [2.24, 2.45) is 0 Å². The van der Waals surface area contributed by atoms with Crippen LogP contribution in [0.3, 0.4) is 0 Å². The molecule has 0 saturated carbocycles. The Morgan fingerprint density at radius 2 is 2.38 bits per heavy atom. The van der Waals surface area contributed by atoms with Crippen molar-refractivity contribution in [2.45, 2.75) is 6.92 Å². The van der Waals surface area contributed by atoms with Gasteiger partial charge in [0.25, 0.3) is 0 Å². The Balaban J connectivity index is 3.13. The average molecular weight is 211 g/mol. The second kappa shape index (κ2) is 2.48. The molecular formula is C6H6NSn. The van der Waals surface area contributed by atoms with Crippen LogP contribution in [0.25, 0.3) is 0 Å². The molecule has 0 bridgehead atoms. The molecule has 1 nitrogen and oxygen atoms in total. The van der Waals surface area contributed by atoms with Crippen LogP contribution in [0.5, 0.6) is 0 Å². The van der Waals surface area contributed by atoms with Gasteiger partial charge in [-0.15, -0.1) is 0 Å². The van der Waals surface area contributed by atoms with E-state index in [1.54, 1.807) is 0 Å². The molecule has 0 aliphatic carbocycles. The Labute approximate surface area is 62.2 Å². The minimum atomic E-state index is 1.35. The third-order valence-corrected chi connectivity index (χ3v) is 2.53. The molecule has 39 valence electrons. The van der Waals surface area contributed by atoms with Crippen LogP contribution in [-0.2, 0) is 0 Å². The zero-order valence-corrected chi connectivity index (χ0v) is 7.53. The van der Waals surface area contributed by atoms with Crippen molar-refractivity contribution in [3.63, 3.8) is 0 Å². The summed E-state index contributed by atoms with van der Waals surface area (Å²) in [6, 6.07) is 2.03. The predicted octanol–water partition coefficient (Wildman–Crippen LogP) is 0.184. The summed E-state index contributed by atoms with van der Waals surface area (Å²) in [6.07, 6.45) is 3.73. The molecule has 3 radical (unpaired) electrons. The fourth-order valence-corrected chi connectivity index (χ4v) is 0.915. The van der Waals surface area contributed by atoms with E-state index in [4.69, 9.17) is 0 Å². The Hall–Kier alpha value is -0.0513. The average Bonchev–Trinajstić information content (AvgIpc) is 1.77. The molecule has 0 fully saturated rings. The number of aromatic nitrogens is 1. The Kier molecular flexibility index (Phi) is 1.89. The summed E-state index contributed by atoms with van der Waals surface area (Å²) in [5, 5.41) is 0. The van der Waals surface area contributed by atoms with Crippen molar-refractivity contribution >= 4 is 26.1 Å². The zero-order chi connectivity index (χ0) is 5.98. The fourth-order valence-electron chi connectivity index (χ4n) is 0.464. The first-order valence-corrected chi connectivity index (χ1v) is 3.85. The van der Waals surface area contributed by atoms with Crippen LogP contribution in [0.4, 0.5) is 0 Å². The summed E-state index contributed by atoms with van der Waals surface area (Å²) in [5.74, 6) is 0. The Morgan fingerprint density at radius 1 is 1.62 bits per heavy atom. The summed E-state index contributed by atoms with van der Waals surface area (Å²) in [7, 11) is 0. The van der Waals surface area contributed by atoms with Gasteiger partial charge in [-0.1, -0.05) is 0 Å². The van der Waals surface area contributed by atoms with Crippen LogP contribution < -0.4 is 3.58 Å². The first kappa shape index (κ1) is 6.07. The number of aryl methyl sites for hydroxylation is 1. The van der Waals surface area contributed by atoms with Gasteiger partial charge in [0.15, 0.2) is 0 Å². The van der Waals surface area contributed by atoms with E-state index in [1.807, 2.05) is 18.5 Å². The number of hydrogen-bond donors (Lipinski definition) is 0. The molecule has 0 aliphatic rings. The zero-order valence-electron chi connectivity index (χ0n) is 4.68. The van der Waals surface area contributed by atoms with Crippen LogP contribution in [-0.4, -0.2) is 27.5 Å². The van der Waals surface area contributed by atoms with Gasteiger partial charge < -0.3 is 0 Å². The normalized spacial score (nSPS) is 9.25. The summed E-state index contributed by atoms with van der Waals surface area (Å²) in [5.41, 5.74) is 1.35. The topological polar surface area (TPSA) is 12.9 Å². The Morgan fingerprint density at radius 3 is 2.75 bits per heavy atom. The first-order valence-electron chi connectivity index (χ1n) is 2.43. The second-order valence-corrected chi connectivity index (χ2v) is 3.23. The second-order valence-electron chi connectivity index (χ2n) is 1.69. The van der Waals surface area contributed by atoms with Crippen LogP contribution in [0, 0.1) is 6.92 Å². The van der Waals surface area contributed by atoms with Gasteiger partial charge in [0.05, 0.1) is 0 Å². The van der Waals surface area contributed by atoms with E-state index < -0.39 is 0 Å². The summed E-state index contributed by atoms with van der Waals surface area (Å²) >= 11 is 1.45. The maximum atomic E-state index is 3.97. The van der Waals surface area contributed by atoms with Gasteiger partial charge in [0, 0.05) is 0 Å². The van der Waals surface area contributed by atoms with Crippen molar-refractivity contribution in [1.82, 2.24) is 4.98 Å². The van der Waals surface area contributed by atoms with Crippen molar-refractivity contribution in [3.05, 3.63) is 24.0 Å². The SMILES string of the molecule is Cc1ccnc[c]1[Sn]. The van der Waals surface area contributed by atoms with Gasteiger partial charge in [-0.05, 0) is 0 Å². The van der Waals surface area contributed by atoms with E-state index in [0.29, 0.717) is 0 Å². The van der Waals surface area contributed by atoms with Crippen LogP contribution in [0.1, 0.15) is 5.56 Å². The molecule has 0 atom stereocenters. The molecule has 0 amide bonds. The summed E-state index contributed by atoms with van der Waals surface area (Å²) in [6.45, 7) is 2.10. The number of rotatable bonds is 0. The number of pyridine rings is 1. The van der Waals surface area contributed by atoms with Gasteiger partial charge in [0.1, 0.15) is 0 Å². The van der Waals surface area contributed by atoms with E-state index in [9.17, 15) is 0 Å². The molecule has 1 rings (SSSR count). The minimum absolute atomic E-state index is 1.35. The quantitative estimate of drug-likeness (QED) is 0.558. The third-order valence-electron chi connectivity index (χ3n) is 1.04. The summed E-state index contributed by atoms with van der Waals surface area (Å²) in [4.78, 5) is 3.97. The Bertz CT molecular complexity index is 165. The molecule has 0 aliphatic heterocycles. The van der Waals surface area contributed by atoms with E-state index in [1.165, 1.54) is 31.7 Å². The molecule has 0 unspecified atom stereocenters.